The van der Waals surface area contributed by atoms with Gasteiger partial charge in [0.2, 0.25) is 5.91 Å². The van der Waals surface area contributed by atoms with Crippen LogP contribution in [0.5, 0.6) is 0 Å². The van der Waals surface area contributed by atoms with E-state index in [0.29, 0.717) is 23.4 Å². The summed E-state index contributed by atoms with van der Waals surface area (Å²) in [6.07, 6.45) is 2.32. The van der Waals surface area contributed by atoms with Gasteiger partial charge in [-0.25, -0.2) is 4.98 Å². The highest BCUT2D eigenvalue weighted by Gasteiger charge is 2.23. The number of likely N-dealkylation sites (tertiary alicyclic amines) is 1. The lowest BCUT2D eigenvalue weighted by Gasteiger charge is -2.22. The van der Waals surface area contributed by atoms with Crippen LogP contribution in [0.1, 0.15) is 37.2 Å². The van der Waals surface area contributed by atoms with E-state index in [1.165, 1.54) is 24.7 Å². The van der Waals surface area contributed by atoms with E-state index in [1.807, 2.05) is 0 Å². The van der Waals surface area contributed by atoms with Crippen molar-refractivity contribution < 1.29 is 9.59 Å². The predicted molar refractivity (Wildman–Crippen MR) is 79.0 cm³/mol. The Morgan fingerprint density at radius 1 is 1.55 bits per heavy atom. The van der Waals surface area contributed by atoms with Crippen LogP contribution >= 0.6 is 11.3 Å². The zero-order valence-electron chi connectivity index (χ0n) is 11.8. The van der Waals surface area contributed by atoms with Crippen LogP contribution in [0.25, 0.3) is 0 Å². The summed E-state index contributed by atoms with van der Waals surface area (Å²) in [5.74, 6) is -0.364. The highest BCUT2D eigenvalue weighted by Crippen LogP contribution is 2.17. The fraction of sp³-hybridized carbons (Fsp3) is 0.615. The van der Waals surface area contributed by atoms with Crippen molar-refractivity contribution in [1.82, 2.24) is 15.2 Å². The van der Waals surface area contributed by atoms with Gasteiger partial charge < -0.3 is 10.6 Å². The monoisotopic (exact) mass is 296 g/mol. The number of nitrogens with one attached hydrogen (secondary N) is 2. The first-order valence-corrected chi connectivity index (χ1v) is 7.73. The van der Waals surface area contributed by atoms with Crippen LogP contribution in [-0.4, -0.2) is 47.4 Å². The Morgan fingerprint density at radius 2 is 2.35 bits per heavy atom. The van der Waals surface area contributed by atoms with Gasteiger partial charge in [-0.3, -0.25) is 14.5 Å². The highest BCUT2D eigenvalue weighted by molar-refractivity contribution is 7.14. The first-order chi connectivity index (χ1) is 9.60. The summed E-state index contributed by atoms with van der Waals surface area (Å²) in [7, 11) is 0. The SMILES string of the molecule is CCN1CCC[C@@H]1CNC(=O)c1csc(NC(C)=O)n1. The molecule has 1 aliphatic heterocycles. The minimum atomic E-state index is -0.184. The molecule has 0 aliphatic carbocycles. The molecule has 1 aromatic rings. The summed E-state index contributed by atoms with van der Waals surface area (Å²) in [6.45, 7) is 6.34. The maximum atomic E-state index is 12.0. The molecule has 6 nitrogen and oxygen atoms in total. The molecule has 1 aliphatic rings. The van der Waals surface area contributed by atoms with Gasteiger partial charge >= 0.3 is 0 Å². The van der Waals surface area contributed by atoms with E-state index in [0.717, 1.165) is 19.5 Å². The largest absolute Gasteiger partial charge is 0.349 e. The van der Waals surface area contributed by atoms with Crippen molar-refractivity contribution in [3.8, 4) is 0 Å². The number of thiazole rings is 1. The third-order valence-electron chi connectivity index (χ3n) is 3.42. The number of aromatic nitrogens is 1. The molecule has 110 valence electrons. The summed E-state index contributed by atoms with van der Waals surface area (Å²) in [4.78, 5) is 29.4. The van der Waals surface area contributed by atoms with Crippen molar-refractivity contribution in [1.29, 1.82) is 0 Å². The van der Waals surface area contributed by atoms with Gasteiger partial charge in [0.05, 0.1) is 0 Å². The quantitative estimate of drug-likeness (QED) is 0.859. The van der Waals surface area contributed by atoms with Gasteiger partial charge in [0.25, 0.3) is 5.91 Å². The van der Waals surface area contributed by atoms with Crippen molar-refractivity contribution in [2.24, 2.45) is 0 Å². The van der Waals surface area contributed by atoms with Crippen molar-refractivity contribution in [3.05, 3.63) is 11.1 Å². The van der Waals surface area contributed by atoms with Crippen molar-refractivity contribution in [2.45, 2.75) is 32.7 Å². The average Bonchev–Trinajstić information content (AvgIpc) is 3.03. The van der Waals surface area contributed by atoms with Gasteiger partial charge in [-0.2, -0.15) is 0 Å². The maximum Gasteiger partial charge on any atom is 0.270 e. The normalized spacial score (nSPS) is 19.0. The Morgan fingerprint density at radius 3 is 3.05 bits per heavy atom. The Bertz CT molecular complexity index is 488. The molecule has 0 radical (unpaired) electrons. The zero-order chi connectivity index (χ0) is 14.5. The molecule has 0 saturated carbocycles. The summed E-state index contributed by atoms with van der Waals surface area (Å²) in [5.41, 5.74) is 0.361. The molecule has 7 heteroatoms. The topological polar surface area (TPSA) is 74.3 Å². The van der Waals surface area contributed by atoms with Crippen LogP contribution in [0.4, 0.5) is 5.13 Å². The molecule has 1 fully saturated rings. The molecule has 1 atom stereocenters. The van der Waals surface area contributed by atoms with E-state index in [-0.39, 0.29) is 11.8 Å². The van der Waals surface area contributed by atoms with E-state index in [1.54, 1.807) is 5.38 Å². The van der Waals surface area contributed by atoms with Crippen LogP contribution in [-0.2, 0) is 4.79 Å². The number of hydrogen-bond donors (Lipinski definition) is 2. The summed E-state index contributed by atoms with van der Waals surface area (Å²) in [6, 6.07) is 0.428. The van der Waals surface area contributed by atoms with Gasteiger partial charge in [-0.05, 0) is 25.9 Å². The van der Waals surface area contributed by atoms with Crippen molar-refractivity contribution >= 4 is 28.3 Å². The third-order valence-corrected chi connectivity index (χ3v) is 4.18. The number of nitrogens with zero attached hydrogens (tertiary/aromatic N) is 2. The predicted octanol–water partition coefficient (Wildman–Crippen LogP) is 1.32. The average molecular weight is 296 g/mol. The number of carbonyl (C=O) groups is 2. The molecular formula is C13H20N4O2S. The molecule has 20 heavy (non-hydrogen) atoms. The Kier molecular flexibility index (Phi) is 5.08. The number of amides is 2. The molecular weight excluding hydrogens is 276 g/mol. The van der Waals surface area contributed by atoms with Gasteiger partial charge in [-0.1, -0.05) is 6.92 Å². The first-order valence-electron chi connectivity index (χ1n) is 6.85. The second kappa shape index (κ2) is 6.81. The molecule has 1 saturated heterocycles. The van der Waals surface area contributed by atoms with E-state index in [9.17, 15) is 9.59 Å². The Labute approximate surface area is 122 Å². The van der Waals surface area contributed by atoms with Gasteiger partial charge in [0.1, 0.15) is 5.69 Å². The van der Waals surface area contributed by atoms with E-state index >= 15 is 0 Å². The number of rotatable bonds is 5. The van der Waals surface area contributed by atoms with Crippen LogP contribution in [0.2, 0.25) is 0 Å². The molecule has 0 bridgehead atoms. The van der Waals surface area contributed by atoms with Crippen molar-refractivity contribution in [3.63, 3.8) is 0 Å². The molecule has 2 N–H and O–H groups in total. The van der Waals surface area contributed by atoms with E-state index in [4.69, 9.17) is 0 Å². The fourth-order valence-corrected chi connectivity index (χ4v) is 3.17. The second-order valence-electron chi connectivity index (χ2n) is 4.85. The number of hydrogen-bond acceptors (Lipinski definition) is 5. The molecule has 2 amide bonds. The maximum absolute atomic E-state index is 12.0. The van der Waals surface area contributed by atoms with Crippen LogP contribution in [0.15, 0.2) is 5.38 Å². The van der Waals surface area contributed by atoms with Gasteiger partial charge in [0.15, 0.2) is 5.13 Å². The Balaban J connectivity index is 1.85. The molecule has 1 aromatic heterocycles. The third kappa shape index (κ3) is 3.77. The number of anilines is 1. The van der Waals surface area contributed by atoms with Crippen molar-refractivity contribution in [2.75, 3.05) is 25.0 Å². The van der Waals surface area contributed by atoms with Gasteiger partial charge in [-0.15, -0.1) is 11.3 Å². The molecule has 0 spiro atoms. The second-order valence-corrected chi connectivity index (χ2v) is 5.71. The minimum absolute atomic E-state index is 0.180. The lowest BCUT2D eigenvalue weighted by Crippen LogP contribution is -2.40. The molecule has 0 aromatic carbocycles. The zero-order valence-corrected chi connectivity index (χ0v) is 12.6. The fourth-order valence-electron chi connectivity index (χ4n) is 2.43. The first kappa shape index (κ1) is 14.9. The molecule has 2 rings (SSSR count). The highest BCUT2D eigenvalue weighted by atomic mass is 32.1. The van der Waals surface area contributed by atoms with Gasteiger partial charge in [0, 0.05) is 24.9 Å². The van der Waals surface area contributed by atoms with E-state index < -0.39 is 0 Å². The number of carbonyl (C=O) groups excluding carboxylic acids is 2. The number of likely N-dealkylation sites (N-methyl/N-ethyl adjacent to an activating group) is 1. The lowest BCUT2D eigenvalue weighted by molar-refractivity contribution is -0.114. The molecule has 2 heterocycles. The minimum Gasteiger partial charge on any atom is -0.349 e. The summed E-state index contributed by atoms with van der Waals surface area (Å²) >= 11 is 1.26. The van der Waals surface area contributed by atoms with Crippen LogP contribution in [0, 0.1) is 0 Å². The summed E-state index contributed by atoms with van der Waals surface area (Å²) in [5, 5.41) is 7.61. The van der Waals surface area contributed by atoms with E-state index in [2.05, 4.69) is 27.4 Å². The van der Waals surface area contributed by atoms with Crippen LogP contribution in [0.3, 0.4) is 0 Å². The Hall–Kier alpha value is -1.47. The molecule has 0 unspecified atom stereocenters. The smallest absolute Gasteiger partial charge is 0.270 e. The lowest BCUT2D eigenvalue weighted by atomic mass is 10.2. The summed E-state index contributed by atoms with van der Waals surface area (Å²) < 4.78 is 0. The standard InChI is InChI=1S/C13H20N4O2S/c1-3-17-6-4-5-10(17)7-14-12(19)11-8-20-13(16-11)15-9(2)18/h8,10H,3-7H2,1-2H3,(H,14,19)(H,15,16,18)/t10-/m1/s1. The van der Waals surface area contributed by atoms with Crippen LogP contribution < -0.4 is 10.6 Å².